The minimum atomic E-state index is -1.56. The van der Waals surface area contributed by atoms with E-state index >= 15 is 0 Å². The molecule has 3 heterocycles. The zero-order valence-corrected chi connectivity index (χ0v) is 16.9. The average molecular weight is 415 g/mol. The highest BCUT2D eigenvalue weighted by Gasteiger charge is 2.71. The van der Waals surface area contributed by atoms with E-state index in [2.05, 4.69) is 10.6 Å². The fourth-order valence-electron chi connectivity index (χ4n) is 6.02. The second-order valence-electron chi connectivity index (χ2n) is 9.06. The van der Waals surface area contributed by atoms with Crippen LogP contribution in [0.1, 0.15) is 51.0 Å². The number of hydrogen-bond acceptors (Lipinski definition) is 5. The van der Waals surface area contributed by atoms with Gasteiger partial charge in [0.1, 0.15) is 11.4 Å². The van der Waals surface area contributed by atoms with Crippen LogP contribution in [-0.4, -0.2) is 45.9 Å². The van der Waals surface area contributed by atoms with Gasteiger partial charge in [0.15, 0.2) is 0 Å². The number of carbonyl (C=O) groups is 3. The number of amides is 3. The number of carbonyl (C=O) groups excluding carboxylic acids is 3. The van der Waals surface area contributed by atoms with Crippen LogP contribution < -0.4 is 10.6 Å². The smallest absolute Gasteiger partial charge is 0.250 e. The molecule has 1 aliphatic carbocycles. The Bertz CT molecular complexity index is 927. The van der Waals surface area contributed by atoms with Gasteiger partial charge in [-0.25, -0.2) is 4.39 Å². The molecule has 8 heteroatoms. The summed E-state index contributed by atoms with van der Waals surface area (Å²) in [5, 5.41) is 16.3. The lowest BCUT2D eigenvalue weighted by Gasteiger charge is -2.32. The van der Waals surface area contributed by atoms with Gasteiger partial charge < -0.3 is 10.4 Å². The number of aliphatic hydroxyl groups excluding tert-OH is 1. The molecule has 1 aromatic rings. The fraction of sp³-hybridized carbons (Fsp3) is 0.591. The van der Waals surface area contributed by atoms with Gasteiger partial charge in [0.2, 0.25) is 17.7 Å². The molecule has 3 aliphatic heterocycles. The molecule has 1 aromatic carbocycles. The van der Waals surface area contributed by atoms with Crippen LogP contribution in [0.15, 0.2) is 18.2 Å². The highest BCUT2D eigenvalue weighted by molar-refractivity contribution is 6.15. The first-order chi connectivity index (χ1) is 14.4. The summed E-state index contributed by atoms with van der Waals surface area (Å²) in [5.41, 5.74) is -0.808. The van der Waals surface area contributed by atoms with Crippen molar-refractivity contribution in [2.24, 2.45) is 11.8 Å². The van der Waals surface area contributed by atoms with E-state index in [0.717, 1.165) is 38.5 Å². The Morgan fingerprint density at radius 3 is 2.50 bits per heavy atom. The third-order valence-corrected chi connectivity index (χ3v) is 7.36. The molecule has 4 aliphatic rings. The highest BCUT2D eigenvalue weighted by atomic mass is 19.1. The van der Waals surface area contributed by atoms with Gasteiger partial charge in [0, 0.05) is 23.3 Å². The lowest BCUT2D eigenvalue weighted by Crippen LogP contribution is -2.55. The van der Waals surface area contributed by atoms with Crippen LogP contribution in [0.5, 0.6) is 0 Å². The minimum absolute atomic E-state index is 0.179. The number of nitrogens with zero attached hydrogens (tertiary/aromatic N) is 1. The normalized spacial score (nSPS) is 34.8. The van der Waals surface area contributed by atoms with Crippen molar-refractivity contribution < 1.29 is 23.9 Å². The molecule has 5 atom stereocenters. The number of benzene rings is 1. The summed E-state index contributed by atoms with van der Waals surface area (Å²) in [4.78, 5) is 41.8. The SMILES string of the molecule is C[C@H](O)[C@@H]1N[C@]2(C(=O)Nc3ccc(F)cc32)[C@@H]2C(=O)N(C3CCCCCC3)C(=O)[C@H]12. The van der Waals surface area contributed by atoms with Crippen molar-refractivity contribution in [2.75, 3.05) is 5.32 Å². The molecule has 1 spiro atoms. The quantitative estimate of drug-likeness (QED) is 0.504. The van der Waals surface area contributed by atoms with Crippen molar-refractivity contribution in [3.63, 3.8) is 0 Å². The van der Waals surface area contributed by atoms with Crippen LogP contribution in [0.3, 0.4) is 0 Å². The number of fused-ring (bicyclic) bond motifs is 4. The molecule has 7 nitrogen and oxygen atoms in total. The summed E-state index contributed by atoms with van der Waals surface area (Å²) in [5.74, 6) is -3.59. The first-order valence-corrected chi connectivity index (χ1v) is 10.8. The van der Waals surface area contributed by atoms with Gasteiger partial charge in [-0.1, -0.05) is 25.7 Å². The number of hydrogen-bond donors (Lipinski definition) is 3. The van der Waals surface area contributed by atoms with E-state index < -0.39 is 41.2 Å². The van der Waals surface area contributed by atoms with E-state index in [1.807, 2.05) is 0 Å². The van der Waals surface area contributed by atoms with E-state index in [0.29, 0.717) is 11.3 Å². The molecule has 2 saturated heterocycles. The number of imide groups is 1. The second kappa shape index (κ2) is 6.85. The lowest BCUT2D eigenvalue weighted by molar-refractivity contribution is -0.146. The second-order valence-corrected chi connectivity index (χ2v) is 9.06. The van der Waals surface area contributed by atoms with Crippen molar-refractivity contribution in [3.8, 4) is 0 Å². The Morgan fingerprint density at radius 1 is 1.13 bits per heavy atom. The molecule has 0 bridgehead atoms. The largest absolute Gasteiger partial charge is 0.392 e. The van der Waals surface area contributed by atoms with Crippen LogP contribution in [0.2, 0.25) is 0 Å². The zero-order chi connectivity index (χ0) is 21.2. The number of anilines is 1. The molecule has 0 unspecified atom stereocenters. The van der Waals surface area contributed by atoms with Crippen LogP contribution in [0, 0.1) is 17.7 Å². The summed E-state index contributed by atoms with van der Waals surface area (Å²) in [6, 6.07) is 3.00. The summed E-state index contributed by atoms with van der Waals surface area (Å²) in [7, 11) is 0. The number of aliphatic hydroxyl groups is 1. The van der Waals surface area contributed by atoms with Crippen molar-refractivity contribution in [1.29, 1.82) is 0 Å². The van der Waals surface area contributed by atoms with Gasteiger partial charge in [0.05, 0.1) is 17.9 Å². The lowest BCUT2D eigenvalue weighted by atomic mass is 9.76. The Hall–Kier alpha value is -2.32. The van der Waals surface area contributed by atoms with E-state index in [1.165, 1.54) is 23.1 Å². The standard InChI is InChI=1S/C22H26FN3O4/c1-11(27)18-16-17(20(29)26(19(16)28)13-6-4-2-3-5-7-13)22(25-18)14-10-12(23)8-9-15(14)24-21(22)30/h8-11,13,16-18,25,27H,2-7H2,1H3,(H,24,30)/t11-,16-,17-,18-,22-/m0/s1. The maximum Gasteiger partial charge on any atom is 0.250 e. The molecule has 3 N–H and O–H groups in total. The van der Waals surface area contributed by atoms with Crippen molar-refractivity contribution in [2.45, 2.75) is 69.2 Å². The average Bonchev–Trinajstić information content (AvgIpc) is 3.18. The molecule has 30 heavy (non-hydrogen) atoms. The fourth-order valence-corrected chi connectivity index (χ4v) is 6.02. The maximum absolute atomic E-state index is 14.1. The maximum atomic E-state index is 14.1. The molecule has 3 fully saturated rings. The Labute approximate surface area is 174 Å². The molecular weight excluding hydrogens is 389 g/mol. The Morgan fingerprint density at radius 2 is 1.83 bits per heavy atom. The van der Waals surface area contributed by atoms with Crippen LogP contribution in [0.25, 0.3) is 0 Å². The van der Waals surface area contributed by atoms with Crippen molar-refractivity contribution in [3.05, 3.63) is 29.6 Å². The van der Waals surface area contributed by atoms with Crippen LogP contribution in [-0.2, 0) is 19.9 Å². The van der Waals surface area contributed by atoms with E-state index in [-0.39, 0.29) is 17.9 Å². The first kappa shape index (κ1) is 19.6. The highest BCUT2D eigenvalue weighted by Crippen LogP contribution is 2.54. The van der Waals surface area contributed by atoms with Gasteiger partial charge in [-0.3, -0.25) is 24.6 Å². The molecule has 0 radical (unpaired) electrons. The topological polar surface area (TPSA) is 98.7 Å². The molecule has 0 aromatic heterocycles. The summed E-state index contributed by atoms with van der Waals surface area (Å²) in [6.07, 6.45) is 4.62. The van der Waals surface area contributed by atoms with Crippen LogP contribution >= 0.6 is 0 Å². The van der Waals surface area contributed by atoms with Gasteiger partial charge in [-0.05, 0) is 38.0 Å². The monoisotopic (exact) mass is 415 g/mol. The molecular formula is C22H26FN3O4. The molecule has 160 valence electrons. The third kappa shape index (κ3) is 2.53. The van der Waals surface area contributed by atoms with Gasteiger partial charge in [-0.15, -0.1) is 0 Å². The number of nitrogens with one attached hydrogen (secondary N) is 2. The van der Waals surface area contributed by atoms with Gasteiger partial charge in [0.25, 0.3) is 0 Å². The first-order valence-electron chi connectivity index (χ1n) is 10.8. The zero-order valence-electron chi connectivity index (χ0n) is 16.9. The minimum Gasteiger partial charge on any atom is -0.392 e. The van der Waals surface area contributed by atoms with Gasteiger partial charge in [-0.2, -0.15) is 0 Å². The summed E-state index contributed by atoms with van der Waals surface area (Å²) >= 11 is 0. The molecule has 5 rings (SSSR count). The Balaban J connectivity index is 1.63. The molecule has 3 amide bonds. The number of likely N-dealkylation sites (tertiary alicyclic amines) is 1. The summed E-state index contributed by atoms with van der Waals surface area (Å²) < 4.78 is 14.1. The Kier molecular flexibility index (Phi) is 4.48. The molecule has 1 saturated carbocycles. The van der Waals surface area contributed by atoms with Crippen LogP contribution in [0.4, 0.5) is 10.1 Å². The predicted octanol–water partition coefficient (Wildman–Crippen LogP) is 1.65. The van der Waals surface area contributed by atoms with Crippen molar-refractivity contribution >= 4 is 23.4 Å². The van der Waals surface area contributed by atoms with Gasteiger partial charge >= 0.3 is 0 Å². The number of halogens is 1. The van der Waals surface area contributed by atoms with E-state index in [4.69, 9.17) is 0 Å². The predicted molar refractivity (Wildman–Crippen MR) is 106 cm³/mol. The summed E-state index contributed by atoms with van der Waals surface area (Å²) in [6.45, 7) is 1.54. The van der Waals surface area contributed by atoms with E-state index in [9.17, 15) is 23.9 Å². The third-order valence-electron chi connectivity index (χ3n) is 7.36. The number of rotatable bonds is 2. The van der Waals surface area contributed by atoms with E-state index in [1.54, 1.807) is 6.92 Å². The van der Waals surface area contributed by atoms with Crippen molar-refractivity contribution in [1.82, 2.24) is 10.2 Å².